The highest BCUT2D eigenvalue weighted by atomic mass is 16.5. The van der Waals surface area contributed by atoms with Crippen molar-refractivity contribution in [2.45, 2.75) is 83.7 Å². The van der Waals surface area contributed by atoms with E-state index < -0.39 is 56.4 Å². The van der Waals surface area contributed by atoms with Crippen LogP contribution in [0.15, 0.2) is 0 Å². The molecular weight excluding hydrogens is 306 g/mol. The Labute approximate surface area is 160 Å². The number of carboxylic acid groups (broad SMARTS) is 1. The minimum atomic E-state index is -3.57. The fourth-order valence-corrected chi connectivity index (χ4v) is 2.46. The van der Waals surface area contributed by atoms with E-state index in [1.54, 1.807) is 0 Å². The monoisotopic (exact) mass is 352 g/mol. The minimum Gasteiger partial charge on any atom is -0.550 e. The molecule has 24 heavy (non-hydrogen) atoms. The van der Waals surface area contributed by atoms with Crippen LogP contribution in [-0.2, 0) is 14.3 Å². The predicted molar refractivity (Wildman–Crippen MR) is 94.2 cm³/mol. The van der Waals surface area contributed by atoms with Crippen LogP contribution >= 0.6 is 0 Å². The van der Waals surface area contributed by atoms with Crippen molar-refractivity contribution in [1.82, 2.24) is 0 Å². The Kier molecular flexibility index (Phi) is 6.34. The summed E-state index contributed by atoms with van der Waals surface area (Å²) in [5.41, 5.74) is 0. The summed E-state index contributed by atoms with van der Waals surface area (Å²) in [7, 11) is 0. The lowest BCUT2D eigenvalue weighted by Crippen LogP contribution is -2.45. The zero-order chi connectivity index (χ0) is 25.9. The van der Waals surface area contributed by atoms with Crippen molar-refractivity contribution in [3.05, 3.63) is 0 Å². The van der Waals surface area contributed by atoms with Gasteiger partial charge in [-0.2, -0.15) is 0 Å². The van der Waals surface area contributed by atoms with Crippen LogP contribution in [-0.4, -0.2) is 50.0 Å². The lowest BCUT2D eigenvalue weighted by atomic mass is 10.1. The fraction of sp³-hybridized carbons (Fsp3) is 0.895. The molecule has 1 atom stereocenters. The molecule has 142 valence electrons. The summed E-state index contributed by atoms with van der Waals surface area (Å²) in [6, 6.07) is 0. The van der Waals surface area contributed by atoms with Gasteiger partial charge in [-0.3, -0.25) is 4.79 Å². The summed E-state index contributed by atoms with van der Waals surface area (Å²) in [5.74, 6) is -2.57. The lowest BCUT2D eigenvalue weighted by molar-refractivity contribution is -0.873. The van der Waals surface area contributed by atoms with Gasteiger partial charge in [0.1, 0.15) is 6.54 Å². The Morgan fingerprint density at radius 3 is 2.04 bits per heavy atom. The van der Waals surface area contributed by atoms with E-state index in [2.05, 4.69) is 6.92 Å². The van der Waals surface area contributed by atoms with E-state index in [1.165, 1.54) is 19.3 Å². The number of carboxylic acids is 1. The van der Waals surface area contributed by atoms with Gasteiger partial charge in [-0.1, -0.05) is 58.3 Å². The average Bonchev–Trinajstić information content (AvgIpc) is 2.61. The standard InChI is InChI=1S/C19H37NO4/c1-5-6-7-8-9-10-11-12-13-14-19(23)24-17(15-18(21)22)16-20(2,3)4/h17H,5-16H2,1-4H3/t17-/m1/s1/i2D3,3D3,4D3. The maximum atomic E-state index is 12.2. The normalized spacial score (nSPS) is 20.0. The highest BCUT2D eigenvalue weighted by Gasteiger charge is 2.22. The molecule has 0 rings (SSSR count). The molecule has 0 fully saturated rings. The molecule has 0 aliphatic carbocycles. The largest absolute Gasteiger partial charge is 0.550 e. The Hall–Kier alpha value is -1.10. The van der Waals surface area contributed by atoms with E-state index in [9.17, 15) is 14.7 Å². The molecule has 0 heterocycles. The number of carbonyl (C=O) groups is 2. The van der Waals surface area contributed by atoms with Gasteiger partial charge >= 0.3 is 5.97 Å². The van der Waals surface area contributed by atoms with Crippen LogP contribution in [0.25, 0.3) is 0 Å². The van der Waals surface area contributed by atoms with E-state index in [4.69, 9.17) is 17.1 Å². The van der Waals surface area contributed by atoms with Crippen molar-refractivity contribution in [2.75, 3.05) is 27.5 Å². The van der Waals surface area contributed by atoms with Gasteiger partial charge in [0.25, 0.3) is 0 Å². The first kappa shape index (κ1) is 11.5. The van der Waals surface area contributed by atoms with Crippen LogP contribution in [0.5, 0.6) is 0 Å². The summed E-state index contributed by atoms with van der Waals surface area (Å²) >= 11 is 0. The zero-order valence-electron chi connectivity index (χ0n) is 23.6. The molecule has 0 N–H and O–H groups in total. The maximum absolute atomic E-state index is 12.2. The van der Waals surface area contributed by atoms with E-state index in [0.717, 1.165) is 32.1 Å². The second-order valence-corrected chi connectivity index (χ2v) is 6.26. The highest BCUT2D eigenvalue weighted by molar-refractivity contribution is 5.70. The molecule has 5 heteroatoms. The molecule has 0 aliphatic heterocycles. The number of nitrogens with zero attached hydrogens (tertiary/aromatic N) is 1. The van der Waals surface area contributed by atoms with Crippen molar-refractivity contribution in [3.63, 3.8) is 0 Å². The number of aliphatic carboxylic acids is 1. The summed E-state index contributed by atoms with van der Waals surface area (Å²) in [4.78, 5) is 23.3. The summed E-state index contributed by atoms with van der Waals surface area (Å²) < 4.78 is 71.2. The van der Waals surface area contributed by atoms with Crippen molar-refractivity contribution >= 4 is 11.9 Å². The number of ether oxygens (including phenoxy) is 1. The number of esters is 1. The van der Waals surface area contributed by atoms with Crippen LogP contribution in [0.4, 0.5) is 0 Å². The number of hydrogen-bond acceptors (Lipinski definition) is 4. The Morgan fingerprint density at radius 2 is 1.54 bits per heavy atom. The van der Waals surface area contributed by atoms with Gasteiger partial charge in [0.2, 0.25) is 0 Å². The Balaban J connectivity index is 5.12. The zero-order valence-corrected chi connectivity index (χ0v) is 14.6. The van der Waals surface area contributed by atoms with Crippen LogP contribution < -0.4 is 5.11 Å². The molecule has 0 aromatic carbocycles. The molecule has 0 aromatic rings. The Morgan fingerprint density at radius 1 is 1.00 bits per heavy atom. The molecule has 0 spiro atoms. The Bertz CT molecular complexity index is 568. The molecule has 0 saturated heterocycles. The van der Waals surface area contributed by atoms with Crippen molar-refractivity contribution < 1.29 is 36.3 Å². The first-order chi connectivity index (χ1) is 15.0. The first-order valence-electron chi connectivity index (χ1n) is 13.3. The second-order valence-electron chi connectivity index (χ2n) is 6.26. The molecule has 0 bridgehead atoms. The second kappa shape index (κ2) is 13.2. The minimum absolute atomic E-state index is 0.0747. The lowest BCUT2D eigenvalue weighted by Gasteiger charge is -2.29. The molecular formula is C19H37NO4. The number of unbranched alkanes of at least 4 members (excludes halogenated alkanes) is 8. The van der Waals surface area contributed by atoms with E-state index >= 15 is 0 Å². The fourth-order valence-electron chi connectivity index (χ4n) is 2.46. The van der Waals surface area contributed by atoms with Crippen molar-refractivity contribution in [1.29, 1.82) is 0 Å². The van der Waals surface area contributed by atoms with Gasteiger partial charge in [0.05, 0.1) is 33.3 Å². The molecule has 0 radical (unpaired) electrons. The quantitative estimate of drug-likeness (QED) is 0.258. The van der Waals surface area contributed by atoms with Crippen LogP contribution in [0.3, 0.4) is 0 Å². The topological polar surface area (TPSA) is 66.4 Å². The third-order valence-corrected chi connectivity index (χ3v) is 3.65. The number of rotatable bonds is 15. The number of likely N-dealkylation sites (N-methyl/N-ethyl adjacent to an activating group) is 1. The first-order valence-corrected chi connectivity index (χ1v) is 8.77. The summed E-state index contributed by atoms with van der Waals surface area (Å²) in [5, 5.41) is 11.1. The highest BCUT2D eigenvalue weighted by Crippen LogP contribution is 2.12. The van der Waals surface area contributed by atoms with Gasteiger partial charge < -0.3 is 19.1 Å². The predicted octanol–water partition coefficient (Wildman–Crippen LogP) is 2.67. The summed E-state index contributed by atoms with van der Waals surface area (Å²) in [6.45, 7) is -9.80. The van der Waals surface area contributed by atoms with E-state index in [1.807, 2.05) is 0 Å². The smallest absolute Gasteiger partial charge is 0.306 e. The molecule has 0 aromatic heterocycles. The third-order valence-electron chi connectivity index (χ3n) is 3.65. The molecule has 0 saturated carbocycles. The maximum Gasteiger partial charge on any atom is 0.306 e. The van der Waals surface area contributed by atoms with Gasteiger partial charge in [0.15, 0.2) is 6.10 Å². The number of quaternary nitrogens is 1. The van der Waals surface area contributed by atoms with E-state index in [-0.39, 0.29) is 6.42 Å². The molecule has 0 aliphatic rings. The average molecular weight is 353 g/mol. The number of hydrogen-bond donors (Lipinski definition) is 0. The van der Waals surface area contributed by atoms with Gasteiger partial charge in [-0.05, 0) is 6.42 Å². The van der Waals surface area contributed by atoms with E-state index in [0.29, 0.717) is 6.42 Å². The van der Waals surface area contributed by atoms with Gasteiger partial charge in [-0.25, -0.2) is 0 Å². The molecule has 5 nitrogen and oxygen atoms in total. The van der Waals surface area contributed by atoms with Gasteiger partial charge in [0, 0.05) is 18.8 Å². The van der Waals surface area contributed by atoms with Crippen molar-refractivity contribution in [3.8, 4) is 0 Å². The van der Waals surface area contributed by atoms with Crippen LogP contribution in [0, 0.1) is 0 Å². The SMILES string of the molecule is [2H]C([2H])([2H])[N+](C[C@@H](CC(=O)[O-])OC(=O)CCCCCCCCCCC)(C([2H])([2H])[2H])C([2H])([2H])[2H]. The van der Waals surface area contributed by atoms with Crippen molar-refractivity contribution in [2.24, 2.45) is 0 Å². The number of carbonyl (C=O) groups excluding carboxylic acids is 2. The van der Waals surface area contributed by atoms with Gasteiger partial charge in [-0.15, -0.1) is 0 Å². The van der Waals surface area contributed by atoms with Crippen LogP contribution in [0.2, 0.25) is 0 Å². The summed E-state index contributed by atoms with van der Waals surface area (Å²) in [6.07, 6.45) is 6.12. The molecule has 0 unspecified atom stereocenters. The third kappa shape index (κ3) is 15.8. The molecule has 0 amide bonds. The van der Waals surface area contributed by atoms with Crippen LogP contribution in [0.1, 0.15) is 89.9 Å².